The van der Waals surface area contributed by atoms with Crippen molar-refractivity contribution < 1.29 is 19.1 Å². The fraction of sp³-hybridized carbons (Fsp3) is 0.556. The summed E-state index contributed by atoms with van der Waals surface area (Å²) in [7, 11) is 3.09. The molecule has 1 rings (SSSR count). The quantitative estimate of drug-likeness (QED) is 0.696. The van der Waals surface area contributed by atoms with Gasteiger partial charge in [0.2, 0.25) is 11.8 Å². The van der Waals surface area contributed by atoms with E-state index in [-0.39, 0.29) is 18.4 Å². The molecule has 1 aromatic rings. The second-order valence-corrected chi connectivity index (χ2v) is 5.52. The zero-order valence-electron chi connectivity index (χ0n) is 15.3. The van der Waals surface area contributed by atoms with Crippen LogP contribution in [-0.4, -0.2) is 50.6 Å². The number of rotatable bonds is 9. The van der Waals surface area contributed by atoms with Gasteiger partial charge < -0.3 is 14.4 Å². The first-order chi connectivity index (χ1) is 11.5. The summed E-state index contributed by atoms with van der Waals surface area (Å²) in [6.45, 7) is 6.89. The Bertz CT molecular complexity index is 554. The van der Waals surface area contributed by atoms with E-state index in [0.29, 0.717) is 30.3 Å². The van der Waals surface area contributed by atoms with Gasteiger partial charge in [-0.15, -0.1) is 0 Å². The maximum absolute atomic E-state index is 12.6. The molecule has 0 aliphatic rings. The van der Waals surface area contributed by atoms with E-state index < -0.39 is 0 Å². The average molecular weight is 336 g/mol. The molecule has 0 radical (unpaired) electrons. The highest BCUT2D eigenvalue weighted by molar-refractivity contribution is 5.98. The minimum absolute atomic E-state index is 0.00196. The van der Waals surface area contributed by atoms with Crippen molar-refractivity contribution in [3.63, 3.8) is 0 Å². The Kier molecular flexibility index (Phi) is 8.09. The minimum Gasteiger partial charge on any atom is -0.497 e. The van der Waals surface area contributed by atoms with Crippen LogP contribution >= 0.6 is 0 Å². The Labute approximate surface area is 144 Å². The molecule has 0 fully saturated rings. The molecule has 6 heteroatoms. The Morgan fingerprint density at radius 1 is 1.04 bits per heavy atom. The van der Waals surface area contributed by atoms with Crippen LogP contribution in [0.4, 0.5) is 5.69 Å². The van der Waals surface area contributed by atoms with Gasteiger partial charge in [0.15, 0.2) is 0 Å². The van der Waals surface area contributed by atoms with Crippen molar-refractivity contribution in [2.24, 2.45) is 0 Å². The van der Waals surface area contributed by atoms with Crippen molar-refractivity contribution >= 4 is 17.5 Å². The lowest BCUT2D eigenvalue weighted by Crippen LogP contribution is -2.43. The third kappa shape index (κ3) is 5.15. The van der Waals surface area contributed by atoms with Crippen LogP contribution in [0.2, 0.25) is 0 Å². The standard InChI is InChI=1S/C18H28N2O4/c1-6-10-19(11-7-2)18(22)13-20(14(3)21)16-9-8-15(23-4)12-17(16)24-5/h8-9,12H,6-7,10-11,13H2,1-5H3. The molecule has 0 saturated carbocycles. The molecule has 0 atom stereocenters. The molecule has 0 aliphatic carbocycles. The van der Waals surface area contributed by atoms with Gasteiger partial charge in [0, 0.05) is 26.1 Å². The highest BCUT2D eigenvalue weighted by Gasteiger charge is 2.22. The predicted molar refractivity (Wildman–Crippen MR) is 94.7 cm³/mol. The van der Waals surface area contributed by atoms with Gasteiger partial charge in [-0.3, -0.25) is 14.5 Å². The van der Waals surface area contributed by atoms with E-state index in [1.54, 1.807) is 30.2 Å². The average Bonchev–Trinajstić information content (AvgIpc) is 2.58. The summed E-state index contributed by atoms with van der Waals surface area (Å²) in [6.07, 6.45) is 1.77. The number of anilines is 1. The first-order valence-electron chi connectivity index (χ1n) is 8.26. The zero-order valence-corrected chi connectivity index (χ0v) is 15.3. The zero-order chi connectivity index (χ0) is 18.1. The van der Waals surface area contributed by atoms with Crippen molar-refractivity contribution in [1.29, 1.82) is 0 Å². The van der Waals surface area contributed by atoms with Crippen LogP contribution in [0.1, 0.15) is 33.6 Å². The maximum Gasteiger partial charge on any atom is 0.242 e. The fourth-order valence-electron chi connectivity index (χ4n) is 2.51. The normalized spacial score (nSPS) is 10.2. The first-order valence-corrected chi connectivity index (χ1v) is 8.26. The molecule has 2 amide bonds. The van der Waals surface area contributed by atoms with Gasteiger partial charge in [0.05, 0.1) is 19.9 Å². The molecule has 0 aliphatic heterocycles. The molecule has 24 heavy (non-hydrogen) atoms. The summed E-state index contributed by atoms with van der Waals surface area (Å²) in [6, 6.07) is 5.18. The van der Waals surface area contributed by atoms with Gasteiger partial charge in [-0.1, -0.05) is 13.8 Å². The summed E-state index contributed by atoms with van der Waals surface area (Å²) in [5.41, 5.74) is 0.562. The number of benzene rings is 1. The van der Waals surface area contributed by atoms with Crippen LogP contribution in [0, 0.1) is 0 Å². The smallest absolute Gasteiger partial charge is 0.242 e. The Hall–Kier alpha value is -2.24. The highest BCUT2D eigenvalue weighted by atomic mass is 16.5. The van der Waals surface area contributed by atoms with Gasteiger partial charge in [0.25, 0.3) is 0 Å². The highest BCUT2D eigenvalue weighted by Crippen LogP contribution is 2.32. The van der Waals surface area contributed by atoms with Gasteiger partial charge >= 0.3 is 0 Å². The molecule has 0 bridgehead atoms. The maximum atomic E-state index is 12.6. The van der Waals surface area contributed by atoms with Crippen molar-refractivity contribution in [3.8, 4) is 11.5 Å². The summed E-state index contributed by atoms with van der Waals surface area (Å²) >= 11 is 0. The first kappa shape index (κ1) is 19.8. The number of hydrogen-bond donors (Lipinski definition) is 0. The van der Waals surface area contributed by atoms with Gasteiger partial charge in [-0.25, -0.2) is 0 Å². The molecule has 0 unspecified atom stereocenters. The second kappa shape index (κ2) is 9.80. The van der Waals surface area contributed by atoms with Crippen LogP contribution in [0.5, 0.6) is 11.5 Å². The lowest BCUT2D eigenvalue weighted by Gasteiger charge is -2.27. The van der Waals surface area contributed by atoms with Crippen molar-refractivity contribution in [2.75, 3.05) is 38.8 Å². The largest absolute Gasteiger partial charge is 0.497 e. The van der Waals surface area contributed by atoms with Crippen LogP contribution in [0.15, 0.2) is 18.2 Å². The molecule has 0 aromatic heterocycles. The van der Waals surface area contributed by atoms with Crippen LogP contribution < -0.4 is 14.4 Å². The summed E-state index contributed by atoms with van der Waals surface area (Å²) in [4.78, 5) is 28.0. The number of ether oxygens (including phenoxy) is 2. The van der Waals surface area contributed by atoms with Crippen molar-refractivity contribution in [2.45, 2.75) is 33.6 Å². The van der Waals surface area contributed by atoms with Gasteiger partial charge in [-0.05, 0) is 25.0 Å². The number of amides is 2. The van der Waals surface area contributed by atoms with E-state index in [2.05, 4.69) is 0 Å². The van der Waals surface area contributed by atoms with Crippen LogP contribution in [0.3, 0.4) is 0 Å². The SMILES string of the molecule is CCCN(CCC)C(=O)CN(C(C)=O)c1ccc(OC)cc1OC. The van der Waals surface area contributed by atoms with E-state index in [4.69, 9.17) is 9.47 Å². The van der Waals surface area contributed by atoms with Crippen LogP contribution in [0.25, 0.3) is 0 Å². The van der Waals surface area contributed by atoms with Crippen molar-refractivity contribution in [3.05, 3.63) is 18.2 Å². The van der Waals surface area contributed by atoms with E-state index in [1.807, 2.05) is 13.8 Å². The van der Waals surface area contributed by atoms with E-state index in [9.17, 15) is 9.59 Å². The molecule has 0 saturated heterocycles. The van der Waals surface area contributed by atoms with Crippen molar-refractivity contribution in [1.82, 2.24) is 4.90 Å². The van der Waals surface area contributed by atoms with E-state index in [0.717, 1.165) is 12.8 Å². The molecule has 1 aromatic carbocycles. The lowest BCUT2D eigenvalue weighted by atomic mass is 10.2. The Morgan fingerprint density at radius 2 is 1.67 bits per heavy atom. The number of carbonyl (C=O) groups is 2. The third-order valence-corrected chi connectivity index (χ3v) is 3.69. The topological polar surface area (TPSA) is 59.1 Å². The lowest BCUT2D eigenvalue weighted by molar-refractivity contribution is -0.131. The monoisotopic (exact) mass is 336 g/mol. The summed E-state index contributed by atoms with van der Waals surface area (Å²) in [5, 5.41) is 0. The molecule has 0 spiro atoms. The number of carbonyl (C=O) groups excluding carboxylic acids is 2. The molecule has 6 nitrogen and oxygen atoms in total. The summed E-state index contributed by atoms with van der Waals surface area (Å²) < 4.78 is 10.5. The summed E-state index contributed by atoms with van der Waals surface area (Å²) in [5.74, 6) is 0.852. The Morgan fingerprint density at radius 3 is 2.12 bits per heavy atom. The minimum atomic E-state index is -0.209. The molecule has 0 N–H and O–H groups in total. The molecular weight excluding hydrogens is 308 g/mol. The second-order valence-electron chi connectivity index (χ2n) is 5.52. The third-order valence-electron chi connectivity index (χ3n) is 3.69. The number of hydrogen-bond acceptors (Lipinski definition) is 4. The fourth-order valence-corrected chi connectivity index (χ4v) is 2.51. The number of nitrogens with zero attached hydrogens (tertiary/aromatic N) is 2. The van der Waals surface area contributed by atoms with Gasteiger partial charge in [0.1, 0.15) is 18.0 Å². The molecule has 0 heterocycles. The van der Waals surface area contributed by atoms with Crippen LogP contribution in [-0.2, 0) is 9.59 Å². The van der Waals surface area contributed by atoms with Gasteiger partial charge in [-0.2, -0.15) is 0 Å². The van der Waals surface area contributed by atoms with E-state index >= 15 is 0 Å². The number of methoxy groups -OCH3 is 2. The predicted octanol–water partition coefficient (Wildman–Crippen LogP) is 2.71. The molecule has 134 valence electrons. The Balaban J connectivity index is 3.07. The van der Waals surface area contributed by atoms with E-state index in [1.165, 1.54) is 18.9 Å². The molecular formula is C18H28N2O4.